The third-order valence-electron chi connectivity index (χ3n) is 6.63. The first-order valence-corrected chi connectivity index (χ1v) is 19.7. The molecule has 0 aromatic carbocycles. The van der Waals surface area contributed by atoms with Crippen LogP contribution < -0.4 is 153 Å². The summed E-state index contributed by atoms with van der Waals surface area (Å²) in [7, 11) is -26.3. The topological polar surface area (TPSA) is 422 Å². The second kappa shape index (κ2) is 27.7. The Morgan fingerprint density at radius 1 is 0.600 bits per heavy atom. The number of carbonyl (C=O) groups is 1. The molecule has 0 spiro atoms. The molecule has 0 aliphatic carbocycles. The molecule has 0 bridgehead atoms. The number of hydrogen-bond acceptors (Lipinski definition) is 25. The predicted molar refractivity (Wildman–Crippen MR) is 143 cm³/mol. The molecular formula is C18H28NNa5O26S5. The van der Waals surface area contributed by atoms with Gasteiger partial charge in [-0.15, -0.1) is 0 Å². The van der Waals surface area contributed by atoms with E-state index >= 15 is 0 Å². The molecule has 0 aromatic heterocycles. The van der Waals surface area contributed by atoms with Gasteiger partial charge < -0.3 is 51.8 Å². The summed E-state index contributed by atoms with van der Waals surface area (Å²) in [5.41, 5.74) is 0. The average molecular weight is 950 g/mol. The van der Waals surface area contributed by atoms with Crippen molar-refractivity contribution in [2.45, 2.75) is 48.8 Å². The fourth-order valence-corrected chi connectivity index (χ4v) is 7.45. The number of ether oxygens (including phenoxy) is 5. The molecule has 2 aliphatic rings. The van der Waals surface area contributed by atoms with E-state index in [-0.39, 0.29) is 148 Å². The Bertz CT molecular complexity index is 1740. The molecule has 2 aliphatic heterocycles. The number of nitrogens with zero attached hydrogens (tertiary/aromatic N) is 1. The molecule has 6 unspecified atom stereocenters. The van der Waals surface area contributed by atoms with Gasteiger partial charge in [0.1, 0.15) is 42.7 Å². The maximum absolute atomic E-state index is 11.9. The maximum Gasteiger partial charge on any atom is 1.00 e. The summed E-state index contributed by atoms with van der Waals surface area (Å²) in [6.45, 7) is -5.28. The van der Waals surface area contributed by atoms with E-state index in [0.717, 1.165) is 14.2 Å². The first kappa shape index (κ1) is 65.2. The van der Waals surface area contributed by atoms with E-state index in [1.54, 1.807) is 0 Å². The summed E-state index contributed by atoms with van der Waals surface area (Å²) >= 11 is 0. The smallest absolute Gasteiger partial charge is 0.726 e. The van der Waals surface area contributed by atoms with Gasteiger partial charge in [0.15, 0.2) is 0 Å². The Kier molecular flexibility index (Phi) is 32.9. The van der Waals surface area contributed by atoms with E-state index < -0.39 is 151 Å². The molecule has 27 nitrogen and oxygen atoms in total. The first-order chi connectivity index (χ1) is 22.6. The van der Waals surface area contributed by atoms with Gasteiger partial charge >= 0.3 is 148 Å². The normalized spacial score (nSPS) is 28.8. The molecule has 2 heterocycles. The van der Waals surface area contributed by atoms with Gasteiger partial charge in [-0.2, -0.15) is 8.57 Å². The van der Waals surface area contributed by atoms with Crippen LogP contribution in [0.2, 0.25) is 0 Å². The predicted octanol–water partition coefficient (Wildman–Crippen LogP) is -21.4. The first-order valence-electron chi connectivity index (χ1n) is 13.0. The Hall–Kier alpha value is 3.62. The number of carbonyl (C=O) groups excluding carboxylic acids is 1. The van der Waals surface area contributed by atoms with Crippen molar-refractivity contribution in [3.05, 3.63) is 0 Å². The number of hydrogen-bond donors (Lipinski definition) is 2. The second-order valence-electron chi connectivity index (χ2n) is 10.1. The molecule has 2 fully saturated rings. The number of rotatable bonds is 19. The van der Waals surface area contributed by atoms with Crippen molar-refractivity contribution < 1.29 is 263 Å². The number of carboxylic acid groups (broad SMARTS) is 1. The maximum atomic E-state index is 11.9. The molecule has 55 heavy (non-hydrogen) atoms. The summed E-state index contributed by atoms with van der Waals surface area (Å²) in [5.74, 6) is -6.03. The zero-order valence-electron chi connectivity index (χ0n) is 30.0. The van der Waals surface area contributed by atoms with Gasteiger partial charge in [-0.25, -0.2) is 33.7 Å². The molecule has 0 aromatic rings. The van der Waals surface area contributed by atoms with Crippen molar-refractivity contribution in [3.63, 3.8) is 0 Å². The van der Waals surface area contributed by atoms with Crippen molar-refractivity contribution in [2.24, 2.45) is 16.2 Å². The van der Waals surface area contributed by atoms with Crippen molar-refractivity contribution in [3.8, 4) is 0 Å². The van der Waals surface area contributed by atoms with E-state index in [4.69, 9.17) is 23.7 Å². The van der Waals surface area contributed by atoms with E-state index in [0.29, 0.717) is 0 Å². The van der Waals surface area contributed by atoms with Crippen LogP contribution in [0.4, 0.5) is 0 Å². The largest absolute Gasteiger partial charge is 1.00 e. The quantitative estimate of drug-likeness (QED) is 0.0689. The van der Waals surface area contributed by atoms with Crippen LogP contribution in [0, 0.1) is 11.8 Å². The van der Waals surface area contributed by atoms with Gasteiger partial charge in [0.2, 0.25) is 41.6 Å². The van der Waals surface area contributed by atoms with Crippen LogP contribution in [-0.4, -0.2) is 167 Å². The molecule has 2 saturated heterocycles. The van der Waals surface area contributed by atoms with Crippen LogP contribution in [0.3, 0.4) is 0 Å². The second-order valence-corrected chi connectivity index (χ2v) is 15.3. The zero-order chi connectivity index (χ0) is 38.5. The van der Waals surface area contributed by atoms with E-state index in [1.807, 2.05) is 0 Å². The Morgan fingerprint density at radius 2 is 1.07 bits per heavy atom. The van der Waals surface area contributed by atoms with Gasteiger partial charge in [0.05, 0.1) is 45.1 Å². The van der Waals surface area contributed by atoms with Crippen LogP contribution >= 0.6 is 0 Å². The van der Waals surface area contributed by atoms with Crippen molar-refractivity contribution in [1.82, 2.24) is 0 Å². The molecule has 10 atom stereocenters. The van der Waals surface area contributed by atoms with E-state index in [2.05, 4.69) is 21.1 Å². The molecule has 2 rings (SSSR count). The summed E-state index contributed by atoms with van der Waals surface area (Å²) in [6.07, 6.45) is -15.6. The van der Waals surface area contributed by atoms with Crippen LogP contribution in [0.1, 0.15) is 0 Å². The Balaban J connectivity index is -0.00000260. The van der Waals surface area contributed by atoms with E-state index in [9.17, 15) is 75.1 Å². The molecule has 37 heteroatoms. The Labute approximate surface area is 427 Å². The minimum atomic E-state index is -5.87. The summed E-state index contributed by atoms with van der Waals surface area (Å²) < 4.78 is 214. The van der Waals surface area contributed by atoms with Crippen LogP contribution in [0.15, 0.2) is 4.36 Å². The van der Waals surface area contributed by atoms with Crippen LogP contribution in [-0.2, 0) is 97.1 Å². The molecule has 0 radical (unpaired) electrons. The third-order valence-corrected chi connectivity index (χ3v) is 8.94. The van der Waals surface area contributed by atoms with Crippen LogP contribution in [0.5, 0.6) is 0 Å². The summed E-state index contributed by atoms with van der Waals surface area (Å²) in [5, 5.41) is 11.9. The summed E-state index contributed by atoms with van der Waals surface area (Å²) in [4.78, 5) is 11.9. The van der Waals surface area contributed by atoms with Gasteiger partial charge in [0, 0.05) is 26.1 Å². The van der Waals surface area contributed by atoms with Gasteiger partial charge in [-0.05, 0) is 0 Å². The van der Waals surface area contributed by atoms with Gasteiger partial charge in [-0.1, -0.05) is 0 Å². The number of carboxylic acids is 1. The SMILES string of the molecule is COC[C@@H]1C(C(=O)[O-])O[C@H](COC[C@@H]2C(COS(=O)(=O)[O-])O[C@H](COC)C(N=S(=O)(O)O)C2OS(=O)(=O)[O-])C(OS(=O)(=O)[O-])C1OS(=O)(=O)[O-].[Na+].[Na+].[Na+].[Na+].[Na+]. The number of aliphatic carboxylic acids is 1. The molecular weight excluding hydrogens is 921 g/mol. The van der Waals surface area contributed by atoms with Crippen molar-refractivity contribution >= 4 is 57.9 Å². The third kappa shape index (κ3) is 24.3. The van der Waals surface area contributed by atoms with Crippen LogP contribution in [0.25, 0.3) is 0 Å². The fourth-order valence-electron chi connectivity index (χ4n) is 5.02. The molecule has 2 N–H and O–H groups in total. The van der Waals surface area contributed by atoms with Gasteiger partial charge in [-0.3, -0.25) is 25.8 Å². The standard InChI is InChI=1S/C18H33NO26S5.5Na/c1-37-3-9-15(44-49(31,32)33)17(45-50(34,35)36)12(42-16(9)18(20)21)6-39-4-8-10(7-40-47(25,26)27)41-11(5-38-2)13(19-46(22,23)24)14(8)43-48(28,29)30;;;;;/h8-17H,3-7H2,1-2H3,(H,20,21)(H,25,26,27)(H,28,29,30)(H,31,32,33)(H,34,35,36)(H2,19,22,23,24);;;;;/q;5*+1/p-5/t8-,9+,10?,11-,12-,13?,14?,15?,16?,17?;;;;;/m1...../s1. The minimum Gasteiger partial charge on any atom is -0.726 e. The zero-order valence-corrected chi connectivity index (χ0v) is 44.1. The van der Waals surface area contributed by atoms with Crippen molar-refractivity contribution in [1.29, 1.82) is 0 Å². The Morgan fingerprint density at radius 3 is 1.49 bits per heavy atom. The monoisotopic (exact) mass is 949 g/mol. The molecule has 296 valence electrons. The fraction of sp³-hybridized carbons (Fsp3) is 0.944. The molecule has 0 amide bonds. The minimum absolute atomic E-state index is 0. The number of methoxy groups -OCH3 is 2. The van der Waals surface area contributed by atoms with Crippen molar-refractivity contribution in [2.75, 3.05) is 47.3 Å². The van der Waals surface area contributed by atoms with E-state index in [1.165, 1.54) is 0 Å². The molecule has 0 saturated carbocycles. The average Bonchev–Trinajstić information content (AvgIpc) is 2.90. The van der Waals surface area contributed by atoms with Gasteiger partial charge in [0.25, 0.3) is 10.3 Å². The summed E-state index contributed by atoms with van der Waals surface area (Å²) in [6, 6.07) is -2.17.